The highest BCUT2D eigenvalue weighted by Gasteiger charge is 2.43. The summed E-state index contributed by atoms with van der Waals surface area (Å²) in [5.74, 6) is -2.82. The summed E-state index contributed by atoms with van der Waals surface area (Å²) in [7, 11) is 0. The molecule has 0 bridgehead atoms. The topological polar surface area (TPSA) is 161 Å². The highest BCUT2D eigenvalue weighted by molar-refractivity contribution is 6.36. The van der Waals surface area contributed by atoms with Crippen LogP contribution >= 0.6 is 0 Å². The zero-order chi connectivity index (χ0) is 29.0. The van der Waals surface area contributed by atoms with Crippen molar-refractivity contribution < 1.29 is 29.0 Å². The lowest BCUT2D eigenvalue weighted by Gasteiger charge is -2.15. The van der Waals surface area contributed by atoms with E-state index in [1.807, 2.05) is 0 Å². The van der Waals surface area contributed by atoms with Crippen molar-refractivity contribution in [3.8, 4) is 0 Å². The van der Waals surface area contributed by atoms with Crippen molar-refractivity contribution in [2.45, 2.75) is 6.42 Å². The number of hydrogen-bond donors (Lipinski definition) is 0. The molecule has 12 nitrogen and oxygen atoms in total. The van der Waals surface area contributed by atoms with Crippen LogP contribution in [0, 0.1) is 20.2 Å². The fourth-order valence-electron chi connectivity index (χ4n) is 5.07. The van der Waals surface area contributed by atoms with Gasteiger partial charge in [-0.25, -0.2) is 9.80 Å². The number of nitro benzene ring substituents is 2. The van der Waals surface area contributed by atoms with E-state index in [2.05, 4.69) is 0 Å². The van der Waals surface area contributed by atoms with Crippen LogP contribution in [0.3, 0.4) is 0 Å². The number of nitro groups is 2. The van der Waals surface area contributed by atoms with Crippen LogP contribution in [-0.2, 0) is 6.42 Å². The summed E-state index contributed by atoms with van der Waals surface area (Å²) in [4.78, 5) is 74.7. The van der Waals surface area contributed by atoms with Gasteiger partial charge < -0.3 is 0 Å². The molecule has 12 heteroatoms. The summed E-state index contributed by atoms with van der Waals surface area (Å²) in [6, 6.07) is 21.0. The Morgan fingerprint density at radius 3 is 1.22 bits per heavy atom. The van der Waals surface area contributed by atoms with Gasteiger partial charge in [0.25, 0.3) is 35.0 Å². The van der Waals surface area contributed by atoms with Crippen molar-refractivity contribution >= 4 is 46.4 Å². The minimum Gasteiger partial charge on any atom is -0.268 e. The summed E-state index contributed by atoms with van der Waals surface area (Å²) < 4.78 is 0. The van der Waals surface area contributed by atoms with E-state index in [0.717, 1.165) is 20.9 Å². The molecular weight excluding hydrogens is 532 g/mol. The Balaban J connectivity index is 1.19. The van der Waals surface area contributed by atoms with E-state index in [-0.39, 0.29) is 33.6 Å². The van der Waals surface area contributed by atoms with Gasteiger partial charge in [0.15, 0.2) is 0 Å². The molecule has 2 aliphatic heterocycles. The lowest BCUT2D eigenvalue weighted by molar-refractivity contribution is -0.385. The van der Waals surface area contributed by atoms with Crippen LogP contribution in [0.15, 0.2) is 84.9 Å². The molecule has 4 amide bonds. The number of anilines is 2. The number of fused-ring (bicyclic) bond motifs is 2. The fraction of sp³-hybridized carbons (Fsp3) is 0.0345. The van der Waals surface area contributed by atoms with E-state index < -0.39 is 44.9 Å². The van der Waals surface area contributed by atoms with Gasteiger partial charge in [-0.05, 0) is 53.9 Å². The second kappa shape index (κ2) is 9.31. The van der Waals surface area contributed by atoms with Gasteiger partial charge in [0.05, 0.1) is 32.3 Å². The summed E-state index contributed by atoms with van der Waals surface area (Å²) in [6.07, 6.45) is 0.432. The minimum atomic E-state index is -0.765. The van der Waals surface area contributed by atoms with Crippen LogP contribution in [0.5, 0.6) is 0 Å². The Kier molecular flexibility index (Phi) is 5.73. The minimum absolute atomic E-state index is 0.0268. The van der Waals surface area contributed by atoms with E-state index in [4.69, 9.17) is 0 Å². The van der Waals surface area contributed by atoms with Gasteiger partial charge in [-0.15, -0.1) is 0 Å². The maximum Gasteiger partial charge on any atom is 0.283 e. The summed E-state index contributed by atoms with van der Waals surface area (Å²) in [5, 5.41) is 22.7. The second-order valence-electron chi connectivity index (χ2n) is 9.31. The van der Waals surface area contributed by atoms with Gasteiger partial charge in [-0.3, -0.25) is 39.4 Å². The monoisotopic (exact) mass is 548 g/mol. The number of carbonyl (C=O) groups is 4. The van der Waals surface area contributed by atoms with Crippen LogP contribution in [0.4, 0.5) is 22.7 Å². The van der Waals surface area contributed by atoms with Crippen LogP contribution < -0.4 is 9.80 Å². The highest BCUT2D eigenvalue weighted by Crippen LogP contribution is 2.35. The van der Waals surface area contributed by atoms with E-state index in [1.54, 1.807) is 48.5 Å². The van der Waals surface area contributed by atoms with Gasteiger partial charge in [0.2, 0.25) is 0 Å². The third-order valence-electron chi connectivity index (χ3n) is 6.98. The average Bonchev–Trinajstić information content (AvgIpc) is 3.38. The van der Waals surface area contributed by atoms with Crippen molar-refractivity contribution in [2.24, 2.45) is 0 Å². The average molecular weight is 548 g/mol. The number of rotatable bonds is 6. The second-order valence-corrected chi connectivity index (χ2v) is 9.31. The maximum absolute atomic E-state index is 12.9. The first-order chi connectivity index (χ1) is 19.7. The van der Waals surface area contributed by atoms with E-state index in [0.29, 0.717) is 6.42 Å². The molecule has 0 spiro atoms. The van der Waals surface area contributed by atoms with Gasteiger partial charge in [0.1, 0.15) is 11.1 Å². The molecule has 0 atom stereocenters. The zero-order valence-corrected chi connectivity index (χ0v) is 20.8. The smallest absolute Gasteiger partial charge is 0.268 e. The van der Waals surface area contributed by atoms with Crippen molar-refractivity contribution in [2.75, 3.05) is 9.80 Å². The molecule has 0 fully saturated rings. The molecule has 2 aliphatic rings. The summed E-state index contributed by atoms with van der Waals surface area (Å²) in [5.41, 5.74) is 0.793. The SMILES string of the molecule is O=C1c2cccc([N+](=O)[O-])c2C(=O)N1c1ccc(Cc2ccc(N3C(=O)c4cccc([N+](=O)[O-])c4C3=O)cc2)cc1. The van der Waals surface area contributed by atoms with E-state index in [9.17, 15) is 39.4 Å². The van der Waals surface area contributed by atoms with Crippen molar-refractivity contribution in [3.05, 3.63) is 139 Å². The Bertz CT molecular complexity index is 1710. The van der Waals surface area contributed by atoms with Gasteiger partial charge >= 0.3 is 0 Å². The standard InChI is InChI=1S/C29H16N4O8/c34-26-20-3-1-5-22(32(38)39)24(20)28(36)30(26)18-11-7-16(8-12-18)15-17-9-13-19(14-10-17)31-27(35)21-4-2-6-23(33(40)41)25(21)29(31)37/h1-14H,15H2. The summed E-state index contributed by atoms with van der Waals surface area (Å²) >= 11 is 0. The number of imide groups is 2. The molecular formula is C29H16N4O8. The molecule has 4 aromatic carbocycles. The molecule has 41 heavy (non-hydrogen) atoms. The Morgan fingerprint density at radius 2 is 0.878 bits per heavy atom. The first-order valence-electron chi connectivity index (χ1n) is 12.2. The van der Waals surface area contributed by atoms with Crippen LogP contribution in [0.25, 0.3) is 0 Å². The molecule has 0 saturated heterocycles. The molecule has 0 N–H and O–H groups in total. The normalized spacial score (nSPS) is 14.0. The number of carbonyl (C=O) groups excluding carboxylic acids is 4. The number of hydrogen-bond acceptors (Lipinski definition) is 8. The van der Waals surface area contributed by atoms with Gasteiger partial charge in [-0.2, -0.15) is 0 Å². The Hall–Kier alpha value is -6.04. The maximum atomic E-state index is 12.9. The van der Waals surface area contributed by atoms with Crippen molar-refractivity contribution in [1.82, 2.24) is 0 Å². The Labute approximate surface area is 230 Å². The van der Waals surface area contributed by atoms with Crippen LogP contribution in [-0.4, -0.2) is 33.5 Å². The predicted octanol–water partition coefficient (Wildman–Crippen LogP) is 4.70. The van der Waals surface area contributed by atoms with Crippen LogP contribution in [0.2, 0.25) is 0 Å². The molecule has 200 valence electrons. The lowest BCUT2D eigenvalue weighted by Crippen LogP contribution is -2.29. The third kappa shape index (κ3) is 3.93. The molecule has 2 heterocycles. The fourth-order valence-corrected chi connectivity index (χ4v) is 5.07. The molecule has 4 aromatic rings. The quantitative estimate of drug-likeness (QED) is 0.190. The number of amides is 4. The molecule has 0 radical (unpaired) electrons. The van der Waals surface area contributed by atoms with E-state index in [1.165, 1.54) is 36.4 Å². The van der Waals surface area contributed by atoms with Gasteiger partial charge in [0, 0.05) is 12.1 Å². The lowest BCUT2D eigenvalue weighted by atomic mass is 10.0. The number of benzene rings is 4. The third-order valence-corrected chi connectivity index (χ3v) is 6.98. The first kappa shape index (κ1) is 25.2. The van der Waals surface area contributed by atoms with Crippen molar-refractivity contribution in [1.29, 1.82) is 0 Å². The highest BCUT2D eigenvalue weighted by atomic mass is 16.6. The van der Waals surface area contributed by atoms with Gasteiger partial charge in [-0.1, -0.05) is 36.4 Å². The first-order valence-corrected chi connectivity index (χ1v) is 12.2. The molecule has 0 aromatic heterocycles. The molecule has 6 rings (SSSR count). The van der Waals surface area contributed by atoms with Crippen LogP contribution in [0.1, 0.15) is 52.6 Å². The number of nitrogens with zero attached hydrogens (tertiary/aromatic N) is 4. The predicted molar refractivity (Wildman–Crippen MR) is 144 cm³/mol. The van der Waals surface area contributed by atoms with E-state index >= 15 is 0 Å². The zero-order valence-electron chi connectivity index (χ0n) is 20.8. The Morgan fingerprint density at radius 1 is 0.512 bits per heavy atom. The molecule has 0 aliphatic carbocycles. The molecule has 0 saturated carbocycles. The molecule has 0 unspecified atom stereocenters. The summed E-state index contributed by atoms with van der Waals surface area (Å²) in [6.45, 7) is 0. The largest absolute Gasteiger partial charge is 0.283 e. The van der Waals surface area contributed by atoms with Crippen molar-refractivity contribution in [3.63, 3.8) is 0 Å².